The van der Waals surface area contributed by atoms with Gasteiger partial charge in [-0.3, -0.25) is 0 Å². The molecule has 0 saturated carbocycles. The minimum atomic E-state index is 0.403. The maximum atomic E-state index is 6.04. The number of benzene rings is 2. The van der Waals surface area contributed by atoms with E-state index in [1.54, 1.807) is 23.1 Å². The fourth-order valence-corrected chi connectivity index (χ4v) is 5.11. The summed E-state index contributed by atoms with van der Waals surface area (Å²) in [5, 5.41) is 12.9. The van der Waals surface area contributed by atoms with Gasteiger partial charge in [0.15, 0.2) is 11.0 Å². The molecular weight excluding hydrogens is 424 g/mol. The lowest BCUT2D eigenvalue weighted by molar-refractivity contribution is 0.286. The van der Waals surface area contributed by atoms with Crippen LogP contribution in [0.5, 0.6) is 5.75 Å². The van der Waals surface area contributed by atoms with Crippen molar-refractivity contribution < 1.29 is 4.74 Å². The van der Waals surface area contributed by atoms with Gasteiger partial charge < -0.3 is 9.30 Å². The van der Waals surface area contributed by atoms with Gasteiger partial charge in [-0.2, -0.15) is 0 Å². The zero-order valence-corrected chi connectivity index (χ0v) is 19.9. The first-order valence-electron chi connectivity index (χ1n) is 10.3. The fourth-order valence-electron chi connectivity index (χ4n) is 3.28. The lowest BCUT2D eigenvalue weighted by Gasteiger charge is -2.11. The van der Waals surface area contributed by atoms with Crippen molar-refractivity contribution in [1.29, 1.82) is 0 Å². The summed E-state index contributed by atoms with van der Waals surface area (Å²) in [5.74, 6) is 2.49. The van der Waals surface area contributed by atoms with Crippen LogP contribution in [0.15, 0.2) is 53.0 Å². The highest BCUT2D eigenvalue weighted by Crippen LogP contribution is 2.28. The number of thioether (sulfide) groups is 1. The van der Waals surface area contributed by atoms with Gasteiger partial charge in [0.25, 0.3) is 0 Å². The molecule has 4 aromatic rings. The number of ether oxygens (including phenoxy) is 1. The quantitative estimate of drug-likeness (QED) is 0.298. The van der Waals surface area contributed by atoms with Crippen molar-refractivity contribution in [2.75, 3.05) is 0 Å². The van der Waals surface area contributed by atoms with Crippen molar-refractivity contribution in [2.45, 2.75) is 51.8 Å². The monoisotopic (exact) mass is 450 g/mol. The molecule has 0 unspecified atom stereocenters. The average molecular weight is 451 g/mol. The average Bonchev–Trinajstić information content (AvgIpc) is 3.39. The summed E-state index contributed by atoms with van der Waals surface area (Å²) in [6, 6.07) is 14.7. The summed E-state index contributed by atoms with van der Waals surface area (Å²) in [6.07, 6.45) is 0. The van der Waals surface area contributed by atoms with Gasteiger partial charge in [-0.1, -0.05) is 47.7 Å². The highest BCUT2D eigenvalue weighted by atomic mass is 32.2. The Bertz CT molecular complexity index is 1180. The summed E-state index contributed by atoms with van der Waals surface area (Å²) in [7, 11) is 0. The summed E-state index contributed by atoms with van der Waals surface area (Å²) in [5.41, 5.74) is 5.78. The normalized spacial score (nSPS) is 11.1. The van der Waals surface area contributed by atoms with E-state index in [1.165, 1.54) is 16.7 Å². The second-order valence-electron chi connectivity index (χ2n) is 7.50. The summed E-state index contributed by atoms with van der Waals surface area (Å²) in [6.45, 7) is 9.53. The zero-order valence-electron chi connectivity index (χ0n) is 18.3. The first kappa shape index (κ1) is 21.6. The van der Waals surface area contributed by atoms with Crippen LogP contribution in [0.25, 0.3) is 10.6 Å². The van der Waals surface area contributed by atoms with Gasteiger partial charge in [-0.25, -0.2) is 4.98 Å². The molecule has 160 valence electrons. The molecule has 0 fully saturated rings. The van der Waals surface area contributed by atoms with E-state index in [0.29, 0.717) is 6.61 Å². The third-order valence-electron chi connectivity index (χ3n) is 4.98. The summed E-state index contributed by atoms with van der Waals surface area (Å²) >= 11 is 3.35. The molecule has 4 rings (SSSR count). The fraction of sp³-hybridized carbons (Fsp3) is 0.292. The summed E-state index contributed by atoms with van der Waals surface area (Å²) < 4.78 is 8.16. The van der Waals surface area contributed by atoms with Gasteiger partial charge >= 0.3 is 0 Å². The van der Waals surface area contributed by atoms with Gasteiger partial charge in [0.2, 0.25) is 0 Å². The van der Waals surface area contributed by atoms with E-state index < -0.39 is 0 Å². The highest BCUT2D eigenvalue weighted by molar-refractivity contribution is 7.98. The highest BCUT2D eigenvalue weighted by Gasteiger charge is 2.14. The first-order chi connectivity index (χ1) is 15.0. The maximum Gasteiger partial charge on any atom is 0.191 e. The molecular formula is C24H26N4OS2. The van der Waals surface area contributed by atoms with Crippen LogP contribution in [0.3, 0.4) is 0 Å². The van der Waals surface area contributed by atoms with Crippen molar-refractivity contribution in [2.24, 2.45) is 0 Å². The van der Waals surface area contributed by atoms with Gasteiger partial charge in [-0.15, -0.1) is 21.5 Å². The van der Waals surface area contributed by atoms with Crippen LogP contribution in [0.1, 0.15) is 35.1 Å². The number of aryl methyl sites for hydroxylation is 3. The smallest absolute Gasteiger partial charge is 0.191 e. The van der Waals surface area contributed by atoms with E-state index >= 15 is 0 Å². The first-order valence-corrected chi connectivity index (χ1v) is 12.2. The van der Waals surface area contributed by atoms with Gasteiger partial charge in [0.1, 0.15) is 17.4 Å². The Morgan fingerprint density at radius 3 is 2.68 bits per heavy atom. The summed E-state index contributed by atoms with van der Waals surface area (Å²) in [4.78, 5) is 4.81. The van der Waals surface area contributed by atoms with E-state index in [1.807, 2.05) is 0 Å². The number of aromatic nitrogens is 4. The van der Waals surface area contributed by atoms with Crippen LogP contribution in [-0.2, 0) is 18.9 Å². The number of thiazole rings is 1. The minimum absolute atomic E-state index is 0.403. The van der Waals surface area contributed by atoms with Gasteiger partial charge in [0, 0.05) is 23.2 Å². The molecule has 0 radical (unpaired) electrons. The van der Waals surface area contributed by atoms with Crippen molar-refractivity contribution in [3.05, 3.63) is 76.1 Å². The third kappa shape index (κ3) is 5.17. The number of hydrogen-bond acceptors (Lipinski definition) is 6. The number of nitrogens with zero attached hydrogens (tertiary/aromatic N) is 4. The molecule has 2 heterocycles. The van der Waals surface area contributed by atoms with Crippen LogP contribution in [0.2, 0.25) is 0 Å². The molecule has 0 saturated heterocycles. The number of hydrogen-bond donors (Lipinski definition) is 0. The maximum absolute atomic E-state index is 6.04. The van der Waals surface area contributed by atoms with Crippen LogP contribution < -0.4 is 4.74 Å². The largest absolute Gasteiger partial charge is 0.485 e. The van der Waals surface area contributed by atoms with Crippen LogP contribution >= 0.6 is 23.1 Å². The van der Waals surface area contributed by atoms with Crippen LogP contribution in [0, 0.1) is 20.8 Å². The molecule has 0 amide bonds. The van der Waals surface area contributed by atoms with E-state index in [0.717, 1.165) is 45.3 Å². The molecule has 0 aliphatic carbocycles. The number of rotatable bonds is 8. The van der Waals surface area contributed by atoms with E-state index in [-0.39, 0.29) is 0 Å². The van der Waals surface area contributed by atoms with E-state index in [9.17, 15) is 0 Å². The molecule has 5 nitrogen and oxygen atoms in total. The molecule has 0 aliphatic heterocycles. The lowest BCUT2D eigenvalue weighted by atomic mass is 10.1. The topological polar surface area (TPSA) is 52.8 Å². The van der Waals surface area contributed by atoms with Crippen molar-refractivity contribution in [1.82, 2.24) is 19.7 Å². The lowest BCUT2D eigenvalue weighted by Crippen LogP contribution is -2.07. The Labute approximate surface area is 191 Å². The Morgan fingerprint density at radius 2 is 1.87 bits per heavy atom. The Balaban J connectivity index is 1.42. The van der Waals surface area contributed by atoms with Crippen LogP contribution in [0.4, 0.5) is 0 Å². The molecule has 2 aromatic heterocycles. The predicted molar refractivity (Wildman–Crippen MR) is 128 cm³/mol. The molecule has 0 spiro atoms. The van der Waals surface area contributed by atoms with Crippen molar-refractivity contribution in [3.8, 4) is 16.3 Å². The molecule has 0 atom stereocenters. The van der Waals surface area contributed by atoms with Gasteiger partial charge in [-0.05, 0) is 51.0 Å². The third-order valence-corrected chi connectivity index (χ3v) is 6.92. The standard InChI is InChI=1S/C24H26N4OS2/c1-5-28-22(13-29-21-12-17(3)9-10-18(21)4)26-27-24(28)31-15-20-14-30-23(25-20)19-8-6-7-16(2)11-19/h6-12,14H,5,13,15H2,1-4H3. The minimum Gasteiger partial charge on any atom is -0.485 e. The predicted octanol–water partition coefficient (Wildman–Crippen LogP) is 6.22. The molecule has 0 bridgehead atoms. The van der Waals surface area contributed by atoms with E-state index in [2.05, 4.69) is 90.3 Å². The second kappa shape index (κ2) is 9.66. The van der Waals surface area contributed by atoms with Crippen LogP contribution in [-0.4, -0.2) is 19.7 Å². The molecule has 0 N–H and O–H groups in total. The Kier molecular flexibility index (Phi) is 6.73. The van der Waals surface area contributed by atoms with Crippen molar-refractivity contribution in [3.63, 3.8) is 0 Å². The van der Waals surface area contributed by atoms with E-state index in [4.69, 9.17) is 9.72 Å². The zero-order chi connectivity index (χ0) is 21.8. The SMILES string of the molecule is CCn1c(COc2cc(C)ccc2C)nnc1SCc1csc(-c2cccc(C)c2)n1. The molecule has 7 heteroatoms. The Hall–Kier alpha value is -2.64. The second-order valence-corrected chi connectivity index (χ2v) is 9.30. The Morgan fingerprint density at radius 1 is 1.03 bits per heavy atom. The molecule has 2 aromatic carbocycles. The molecule has 31 heavy (non-hydrogen) atoms. The molecule has 0 aliphatic rings. The van der Waals surface area contributed by atoms with Crippen molar-refractivity contribution >= 4 is 23.1 Å². The van der Waals surface area contributed by atoms with Gasteiger partial charge in [0.05, 0.1) is 5.69 Å².